The fraction of sp³-hybridized carbons (Fsp3) is 0.130. The number of carbonyl (C=O) groups excluding carboxylic acids is 2. The summed E-state index contributed by atoms with van der Waals surface area (Å²) in [5, 5.41) is 3.26. The molecular weight excluding hydrogens is 409 g/mol. The zero-order chi connectivity index (χ0) is 21.7. The highest BCUT2D eigenvalue weighted by molar-refractivity contribution is 6.31. The van der Waals surface area contributed by atoms with Gasteiger partial charge in [-0.25, -0.2) is 4.39 Å². The largest absolute Gasteiger partial charge is 0.495 e. The van der Waals surface area contributed by atoms with E-state index >= 15 is 0 Å². The summed E-state index contributed by atoms with van der Waals surface area (Å²) in [5.41, 5.74) is 2.11. The molecule has 0 atom stereocenters. The first-order chi connectivity index (χ1) is 14.4. The van der Waals surface area contributed by atoms with Crippen molar-refractivity contribution in [1.29, 1.82) is 0 Å². The fourth-order valence-corrected chi connectivity index (χ4v) is 2.89. The van der Waals surface area contributed by atoms with Crippen LogP contribution in [-0.4, -0.2) is 25.4 Å². The lowest BCUT2D eigenvalue weighted by Crippen LogP contribution is -2.20. The smallest absolute Gasteiger partial charge is 0.262 e. The summed E-state index contributed by atoms with van der Waals surface area (Å²) < 4.78 is 23.7. The summed E-state index contributed by atoms with van der Waals surface area (Å²) in [7, 11) is 1.49. The molecule has 0 unspecified atom stereocenters. The number of ketones is 1. The standard InChI is InChI=1S/C23H19ClFNO4/c1-14-11-20(21(29-2)12-19(14)24)26-22(27)13-30-18-9-5-16(6-10-18)23(28)15-3-7-17(25)8-4-15/h3-12H,13H2,1-2H3,(H,26,27). The van der Waals surface area contributed by atoms with E-state index in [1.165, 1.54) is 31.4 Å². The minimum atomic E-state index is -0.403. The van der Waals surface area contributed by atoms with Gasteiger partial charge in [-0.05, 0) is 67.1 Å². The number of amides is 1. The van der Waals surface area contributed by atoms with Crippen molar-refractivity contribution in [3.05, 3.63) is 88.2 Å². The second-order valence-corrected chi connectivity index (χ2v) is 6.91. The molecule has 1 N–H and O–H groups in total. The molecular formula is C23H19ClFNO4. The fourth-order valence-electron chi connectivity index (χ4n) is 2.74. The molecule has 0 aliphatic heterocycles. The van der Waals surface area contributed by atoms with Crippen LogP contribution in [0.15, 0.2) is 60.7 Å². The SMILES string of the molecule is COc1cc(Cl)c(C)cc1NC(=O)COc1ccc(C(=O)c2ccc(F)cc2)cc1. The lowest BCUT2D eigenvalue weighted by molar-refractivity contribution is -0.118. The molecule has 0 heterocycles. The van der Waals surface area contributed by atoms with E-state index in [0.717, 1.165) is 5.56 Å². The Balaban J connectivity index is 1.60. The van der Waals surface area contributed by atoms with Gasteiger partial charge in [-0.1, -0.05) is 11.6 Å². The maximum Gasteiger partial charge on any atom is 0.262 e. The molecule has 0 radical (unpaired) electrons. The van der Waals surface area contributed by atoms with Crippen LogP contribution >= 0.6 is 11.6 Å². The van der Waals surface area contributed by atoms with Crippen LogP contribution in [0.2, 0.25) is 5.02 Å². The molecule has 3 rings (SSSR count). The Morgan fingerprint density at radius 3 is 2.20 bits per heavy atom. The number of methoxy groups -OCH3 is 1. The first kappa shape index (κ1) is 21.3. The van der Waals surface area contributed by atoms with E-state index in [-0.39, 0.29) is 18.3 Å². The van der Waals surface area contributed by atoms with Gasteiger partial charge in [0.2, 0.25) is 0 Å². The second kappa shape index (κ2) is 9.41. The predicted molar refractivity (Wildman–Crippen MR) is 113 cm³/mol. The van der Waals surface area contributed by atoms with E-state index in [0.29, 0.717) is 33.3 Å². The van der Waals surface area contributed by atoms with E-state index < -0.39 is 5.82 Å². The molecule has 0 spiro atoms. The third-order valence-electron chi connectivity index (χ3n) is 4.35. The van der Waals surface area contributed by atoms with E-state index in [9.17, 15) is 14.0 Å². The molecule has 5 nitrogen and oxygen atoms in total. The summed E-state index contributed by atoms with van der Waals surface area (Å²) in [5.74, 6) is -0.131. The average molecular weight is 428 g/mol. The van der Waals surface area contributed by atoms with Gasteiger partial charge >= 0.3 is 0 Å². The van der Waals surface area contributed by atoms with Crippen molar-refractivity contribution in [2.24, 2.45) is 0 Å². The van der Waals surface area contributed by atoms with Crippen LogP contribution in [0.4, 0.5) is 10.1 Å². The van der Waals surface area contributed by atoms with Gasteiger partial charge < -0.3 is 14.8 Å². The molecule has 0 fully saturated rings. The molecule has 3 aromatic carbocycles. The normalized spacial score (nSPS) is 10.4. The van der Waals surface area contributed by atoms with E-state index in [1.807, 2.05) is 6.92 Å². The molecule has 0 aliphatic carbocycles. The van der Waals surface area contributed by atoms with Gasteiger partial charge in [0.15, 0.2) is 12.4 Å². The average Bonchev–Trinajstić information content (AvgIpc) is 2.75. The maximum absolute atomic E-state index is 13.0. The van der Waals surface area contributed by atoms with Gasteiger partial charge in [0.1, 0.15) is 17.3 Å². The number of benzene rings is 3. The van der Waals surface area contributed by atoms with Crippen molar-refractivity contribution in [2.75, 3.05) is 19.0 Å². The van der Waals surface area contributed by atoms with Crippen LogP contribution in [0.5, 0.6) is 11.5 Å². The number of carbonyl (C=O) groups is 2. The Morgan fingerprint density at radius 2 is 1.60 bits per heavy atom. The Labute approximate surface area is 178 Å². The molecule has 7 heteroatoms. The third-order valence-corrected chi connectivity index (χ3v) is 4.75. The summed E-state index contributed by atoms with van der Waals surface area (Å²) in [4.78, 5) is 24.6. The Kier molecular flexibility index (Phi) is 6.69. The van der Waals surface area contributed by atoms with Gasteiger partial charge in [-0.3, -0.25) is 9.59 Å². The minimum Gasteiger partial charge on any atom is -0.495 e. The van der Waals surface area contributed by atoms with Crippen LogP contribution in [0.3, 0.4) is 0 Å². The summed E-state index contributed by atoms with van der Waals surface area (Å²) in [6, 6.07) is 15.0. The zero-order valence-corrected chi connectivity index (χ0v) is 17.1. The number of hydrogen-bond acceptors (Lipinski definition) is 4. The van der Waals surface area contributed by atoms with E-state index in [2.05, 4.69) is 5.32 Å². The number of hydrogen-bond donors (Lipinski definition) is 1. The van der Waals surface area contributed by atoms with Gasteiger partial charge in [0.05, 0.1) is 12.8 Å². The second-order valence-electron chi connectivity index (χ2n) is 6.50. The van der Waals surface area contributed by atoms with Crippen LogP contribution in [-0.2, 0) is 4.79 Å². The molecule has 0 bridgehead atoms. The monoisotopic (exact) mass is 427 g/mol. The van der Waals surface area contributed by atoms with Gasteiger partial charge in [-0.2, -0.15) is 0 Å². The van der Waals surface area contributed by atoms with Gasteiger partial charge in [0, 0.05) is 22.2 Å². The number of anilines is 1. The van der Waals surface area contributed by atoms with Crippen LogP contribution < -0.4 is 14.8 Å². The highest BCUT2D eigenvalue weighted by atomic mass is 35.5. The predicted octanol–water partition coefficient (Wildman–Crippen LogP) is 5.04. The van der Waals surface area contributed by atoms with Crippen molar-refractivity contribution in [1.82, 2.24) is 0 Å². The number of aryl methyl sites for hydroxylation is 1. The molecule has 0 saturated heterocycles. The van der Waals surface area contributed by atoms with Crippen molar-refractivity contribution in [3.63, 3.8) is 0 Å². The van der Waals surface area contributed by atoms with Crippen LogP contribution in [0.1, 0.15) is 21.5 Å². The molecule has 30 heavy (non-hydrogen) atoms. The van der Waals surface area contributed by atoms with Crippen LogP contribution in [0, 0.1) is 12.7 Å². The third kappa shape index (κ3) is 5.15. The summed E-state index contributed by atoms with van der Waals surface area (Å²) >= 11 is 6.07. The lowest BCUT2D eigenvalue weighted by Gasteiger charge is -2.13. The van der Waals surface area contributed by atoms with E-state index in [4.69, 9.17) is 21.1 Å². The Hall–Kier alpha value is -3.38. The highest BCUT2D eigenvalue weighted by Gasteiger charge is 2.12. The zero-order valence-electron chi connectivity index (χ0n) is 16.4. The van der Waals surface area contributed by atoms with Crippen LogP contribution in [0.25, 0.3) is 0 Å². The van der Waals surface area contributed by atoms with E-state index in [1.54, 1.807) is 36.4 Å². The molecule has 0 aliphatic rings. The van der Waals surface area contributed by atoms with Crippen molar-refractivity contribution >= 4 is 29.0 Å². The molecule has 0 saturated carbocycles. The molecule has 154 valence electrons. The summed E-state index contributed by atoms with van der Waals surface area (Å²) in [6.45, 7) is 1.60. The Bertz CT molecular complexity index is 1070. The first-order valence-electron chi connectivity index (χ1n) is 9.04. The number of ether oxygens (including phenoxy) is 2. The maximum atomic E-state index is 13.0. The summed E-state index contributed by atoms with van der Waals surface area (Å²) in [6.07, 6.45) is 0. The lowest BCUT2D eigenvalue weighted by atomic mass is 10.0. The molecule has 0 aromatic heterocycles. The Morgan fingerprint density at radius 1 is 1.00 bits per heavy atom. The van der Waals surface area contributed by atoms with Crippen molar-refractivity contribution in [3.8, 4) is 11.5 Å². The van der Waals surface area contributed by atoms with Crippen molar-refractivity contribution in [2.45, 2.75) is 6.92 Å². The van der Waals surface area contributed by atoms with Crippen molar-refractivity contribution < 1.29 is 23.5 Å². The molecule has 3 aromatic rings. The quantitative estimate of drug-likeness (QED) is 0.536. The highest BCUT2D eigenvalue weighted by Crippen LogP contribution is 2.30. The minimum absolute atomic E-state index is 0.226. The number of halogens is 2. The topological polar surface area (TPSA) is 64.6 Å². The van der Waals surface area contributed by atoms with Gasteiger partial charge in [-0.15, -0.1) is 0 Å². The number of rotatable bonds is 7. The number of nitrogens with one attached hydrogen (secondary N) is 1. The first-order valence-corrected chi connectivity index (χ1v) is 9.42. The molecule has 1 amide bonds. The van der Waals surface area contributed by atoms with Gasteiger partial charge in [0.25, 0.3) is 5.91 Å².